The summed E-state index contributed by atoms with van der Waals surface area (Å²) in [4.78, 5) is 45.1. The van der Waals surface area contributed by atoms with Gasteiger partial charge in [-0.2, -0.15) is 0 Å². The van der Waals surface area contributed by atoms with Crippen molar-refractivity contribution in [1.29, 1.82) is 0 Å². The average molecular weight is 648 g/mol. The van der Waals surface area contributed by atoms with Crippen molar-refractivity contribution >= 4 is 33.1 Å². The van der Waals surface area contributed by atoms with E-state index in [1.165, 1.54) is 70.6 Å². The molecule has 0 aromatic carbocycles. The van der Waals surface area contributed by atoms with Crippen molar-refractivity contribution in [2.75, 3.05) is 39.5 Å². The number of rotatable bonds is 34. The number of carbonyl (C=O) groups excluding carboxylic acids is 2. The second-order valence-corrected chi connectivity index (χ2v) is 11.8. The lowest BCUT2D eigenvalue weighted by molar-refractivity contribution is -0.139. The molecule has 44 heavy (non-hydrogen) atoms. The van der Waals surface area contributed by atoms with E-state index in [-0.39, 0.29) is 18.4 Å². The van der Waals surface area contributed by atoms with Gasteiger partial charge in [-0.1, -0.05) is 99.3 Å². The topological polar surface area (TPSA) is 163 Å². The van der Waals surface area contributed by atoms with Gasteiger partial charge in [0.1, 0.15) is 12.6 Å². The Kier molecular flexibility index (Phi) is 31.2. The number of hydrogen-bond donors (Lipinski definition) is 5. The molecule has 0 fully saturated rings. The summed E-state index contributed by atoms with van der Waals surface area (Å²) in [7, 11) is 2.21. The van der Waals surface area contributed by atoms with Crippen LogP contribution in [0.2, 0.25) is 0 Å². The Morgan fingerprint density at radius 2 is 1.02 bits per heavy atom. The minimum absolute atomic E-state index is 0.0488. The molecule has 2 amide bonds. The van der Waals surface area contributed by atoms with Gasteiger partial charge < -0.3 is 30.3 Å². The van der Waals surface area contributed by atoms with Gasteiger partial charge in [0.2, 0.25) is 11.8 Å². The van der Waals surface area contributed by atoms with Crippen LogP contribution >= 0.6 is 9.39 Å². The summed E-state index contributed by atoms with van der Waals surface area (Å²) in [6, 6.07) is -0.595. The van der Waals surface area contributed by atoms with E-state index >= 15 is 0 Å². The molecule has 0 aliphatic heterocycles. The smallest absolute Gasteiger partial charge is 0.320 e. The predicted octanol–water partition coefficient (Wildman–Crippen LogP) is 5.36. The molecule has 0 rings (SSSR count). The van der Waals surface area contributed by atoms with Gasteiger partial charge in [-0.3, -0.25) is 24.3 Å². The molecule has 0 aromatic heterocycles. The van der Waals surface area contributed by atoms with Crippen LogP contribution in [0.25, 0.3) is 0 Å². The van der Waals surface area contributed by atoms with Crippen molar-refractivity contribution in [1.82, 2.24) is 15.7 Å². The van der Waals surface area contributed by atoms with Gasteiger partial charge in [0.05, 0.1) is 19.8 Å². The normalized spacial score (nSPS) is 11.8. The molecule has 5 N–H and O–H groups in total. The molecule has 12 heteroatoms. The molecule has 2 atom stereocenters. The average Bonchev–Trinajstić information content (AvgIpc) is 2.99. The number of hydrogen-bond acceptors (Lipinski definition) is 7. The largest absolute Gasteiger partial charge is 0.481 e. The summed E-state index contributed by atoms with van der Waals surface area (Å²) in [5.74, 6) is -1.73. The monoisotopic (exact) mass is 647 g/mol. The highest BCUT2D eigenvalue weighted by Crippen LogP contribution is 2.14. The third-order valence-electron chi connectivity index (χ3n) is 7.46. The third-order valence-corrected chi connectivity index (χ3v) is 7.86. The summed E-state index contributed by atoms with van der Waals surface area (Å²) < 4.78 is 10.7. The molecular formula is C32H62N3O8P. The third kappa shape index (κ3) is 31.6. The Hall–Kier alpha value is -1.81. The highest BCUT2D eigenvalue weighted by molar-refractivity contribution is 7.13. The van der Waals surface area contributed by atoms with Crippen LogP contribution in [-0.4, -0.2) is 79.5 Å². The Morgan fingerprint density at radius 1 is 0.545 bits per heavy atom. The Morgan fingerprint density at radius 3 is 1.52 bits per heavy atom. The molecule has 258 valence electrons. The van der Waals surface area contributed by atoms with Crippen LogP contribution in [0.5, 0.6) is 0 Å². The van der Waals surface area contributed by atoms with Crippen molar-refractivity contribution < 1.29 is 38.9 Å². The molecule has 0 saturated carbocycles. The standard InChI is InChI=1S/C32H62N3O8P/c36-29(20-15-13-11-9-7-5-3-1-2-4-6-8-10-12-14-16-21-31(38)39)34-23-24-42-25-26-43-27-30(37)33-22-18-17-19-28(35-44)32(40)41/h28,35H,1-27,44H2,(H,33,37)(H,34,36)(H,38,39)(H,40,41)/t28-/m0/s1. The van der Waals surface area contributed by atoms with Crippen LogP contribution < -0.4 is 15.7 Å². The highest BCUT2D eigenvalue weighted by atomic mass is 31.0. The summed E-state index contributed by atoms with van der Waals surface area (Å²) in [6.45, 7) is 1.93. The number of carbonyl (C=O) groups is 4. The van der Waals surface area contributed by atoms with Crippen LogP contribution in [0.15, 0.2) is 0 Å². The molecule has 0 spiro atoms. The van der Waals surface area contributed by atoms with Crippen molar-refractivity contribution in [3.05, 3.63) is 0 Å². The minimum Gasteiger partial charge on any atom is -0.481 e. The number of unbranched alkanes of at least 4 members (excludes halogenated alkanes) is 16. The quantitative estimate of drug-likeness (QED) is 0.0457. The van der Waals surface area contributed by atoms with Crippen LogP contribution in [0.1, 0.15) is 135 Å². The number of nitrogens with one attached hydrogen (secondary N) is 3. The Balaban J connectivity index is 3.30. The first kappa shape index (κ1) is 42.2. The summed E-state index contributed by atoms with van der Waals surface area (Å²) in [5, 5.41) is 25.8. The van der Waals surface area contributed by atoms with Crippen molar-refractivity contribution in [2.24, 2.45) is 0 Å². The molecule has 1 unspecified atom stereocenters. The lowest BCUT2D eigenvalue weighted by Crippen LogP contribution is -2.31. The summed E-state index contributed by atoms with van der Waals surface area (Å²) >= 11 is 0. The zero-order valence-corrected chi connectivity index (χ0v) is 28.2. The van der Waals surface area contributed by atoms with Crippen LogP contribution in [-0.2, 0) is 28.7 Å². The molecule has 0 aliphatic carbocycles. The maximum Gasteiger partial charge on any atom is 0.320 e. The van der Waals surface area contributed by atoms with Gasteiger partial charge in [0.25, 0.3) is 0 Å². The second-order valence-electron chi connectivity index (χ2n) is 11.5. The van der Waals surface area contributed by atoms with Crippen LogP contribution in [0.3, 0.4) is 0 Å². The van der Waals surface area contributed by atoms with Crippen LogP contribution in [0, 0.1) is 0 Å². The van der Waals surface area contributed by atoms with Gasteiger partial charge in [0, 0.05) is 25.9 Å². The number of carboxylic acid groups (broad SMARTS) is 2. The van der Waals surface area contributed by atoms with Crippen molar-refractivity contribution in [3.63, 3.8) is 0 Å². The van der Waals surface area contributed by atoms with E-state index in [2.05, 4.69) is 25.1 Å². The van der Waals surface area contributed by atoms with Gasteiger partial charge in [-0.05, 0) is 32.1 Å². The van der Waals surface area contributed by atoms with Gasteiger partial charge >= 0.3 is 11.9 Å². The molecular weight excluding hydrogens is 585 g/mol. The molecule has 0 aliphatic rings. The van der Waals surface area contributed by atoms with E-state index in [1.54, 1.807) is 0 Å². The Bertz CT molecular complexity index is 730. The maximum absolute atomic E-state index is 12.0. The zero-order valence-electron chi connectivity index (χ0n) is 27.1. The SMILES string of the molecule is O=C(O)CCCCCCCCCCCCCCCCCCC(=O)NCCOCCOCC(=O)NCCCC[C@H](NP)C(=O)O. The summed E-state index contributed by atoms with van der Waals surface area (Å²) in [5.41, 5.74) is 0. The van der Waals surface area contributed by atoms with E-state index in [0.29, 0.717) is 65.0 Å². The molecule has 0 saturated heterocycles. The molecule has 11 nitrogen and oxygen atoms in total. The first-order valence-electron chi connectivity index (χ1n) is 17.0. The van der Waals surface area contributed by atoms with E-state index in [0.717, 1.165) is 32.1 Å². The molecule has 0 bridgehead atoms. The van der Waals surface area contributed by atoms with E-state index in [4.69, 9.17) is 19.7 Å². The predicted molar refractivity (Wildman–Crippen MR) is 177 cm³/mol. The first-order valence-corrected chi connectivity index (χ1v) is 17.5. The lowest BCUT2D eigenvalue weighted by Gasteiger charge is -2.11. The minimum atomic E-state index is -0.888. The fourth-order valence-electron chi connectivity index (χ4n) is 4.80. The Labute approximate surface area is 268 Å². The second kappa shape index (κ2) is 32.6. The zero-order chi connectivity index (χ0) is 32.5. The number of aliphatic carboxylic acids is 2. The van der Waals surface area contributed by atoms with E-state index in [9.17, 15) is 19.2 Å². The van der Waals surface area contributed by atoms with Crippen molar-refractivity contribution in [2.45, 2.75) is 141 Å². The first-order chi connectivity index (χ1) is 21.4. The maximum atomic E-state index is 12.0. The molecule has 0 radical (unpaired) electrons. The van der Waals surface area contributed by atoms with Crippen molar-refractivity contribution in [3.8, 4) is 0 Å². The number of carboxylic acids is 2. The molecule has 0 heterocycles. The van der Waals surface area contributed by atoms with Gasteiger partial charge in [-0.15, -0.1) is 0 Å². The van der Waals surface area contributed by atoms with E-state index in [1.807, 2.05) is 0 Å². The fourth-order valence-corrected chi connectivity index (χ4v) is 5.11. The fraction of sp³-hybridized carbons (Fsp3) is 0.875. The van der Waals surface area contributed by atoms with Crippen LogP contribution in [0.4, 0.5) is 0 Å². The lowest BCUT2D eigenvalue weighted by atomic mass is 10.0. The highest BCUT2D eigenvalue weighted by Gasteiger charge is 2.13. The van der Waals surface area contributed by atoms with E-state index < -0.39 is 18.0 Å². The summed E-state index contributed by atoms with van der Waals surface area (Å²) in [6.07, 6.45) is 21.9. The van der Waals surface area contributed by atoms with Gasteiger partial charge in [-0.25, -0.2) is 0 Å². The molecule has 0 aromatic rings. The van der Waals surface area contributed by atoms with Gasteiger partial charge in [0.15, 0.2) is 0 Å². The number of ether oxygens (including phenoxy) is 2. The number of amides is 2.